The van der Waals surface area contributed by atoms with Gasteiger partial charge in [0.2, 0.25) is 0 Å². The van der Waals surface area contributed by atoms with Crippen molar-refractivity contribution in [3.05, 3.63) is 224 Å². The summed E-state index contributed by atoms with van der Waals surface area (Å²) in [5.41, 5.74) is 5.06. The van der Waals surface area contributed by atoms with Crippen molar-refractivity contribution in [2.75, 3.05) is 52.4 Å². The van der Waals surface area contributed by atoms with Gasteiger partial charge in [0, 0.05) is 95.4 Å². The highest BCUT2D eigenvalue weighted by Crippen LogP contribution is 2.38. The molecule has 0 atom stereocenters. The van der Waals surface area contributed by atoms with Crippen LogP contribution in [0, 0.1) is 67.5 Å². The second kappa shape index (κ2) is 51.6. The number of hydrogen-bond acceptors (Lipinski definition) is 17. The summed E-state index contributed by atoms with van der Waals surface area (Å²) in [6, 6.07) is 50.5. The molecule has 620 valence electrons. The quantitative estimate of drug-likeness (QED) is 0.114. The van der Waals surface area contributed by atoms with Crippen molar-refractivity contribution in [2.24, 2.45) is 22.2 Å². The molecule has 0 unspecified atom stereocenters. The first-order chi connectivity index (χ1) is 51.6. The number of halogens is 6. The Morgan fingerprint density at radius 2 is 0.835 bits per heavy atom. The van der Waals surface area contributed by atoms with Gasteiger partial charge in [0.1, 0.15) is 35.2 Å². The molecule has 21 nitrogen and oxygen atoms in total. The molecule has 2 N–H and O–H groups in total. The van der Waals surface area contributed by atoms with Crippen molar-refractivity contribution < 1.29 is 33.8 Å². The van der Waals surface area contributed by atoms with E-state index in [1.807, 2.05) is 139 Å². The number of likely N-dealkylation sites (tertiary alicyclic amines) is 3. The Bertz CT molecular complexity index is 4440. The number of carboxylic acid groups (broad SMARTS) is 1. The van der Waals surface area contributed by atoms with E-state index in [0.29, 0.717) is 116 Å². The number of carbonyl (C=O) groups is 4. The molecule has 4 fully saturated rings. The number of benzene rings is 4. The number of piperidine rings is 4. The number of hydrogen-bond donors (Lipinski definition) is 2. The van der Waals surface area contributed by atoms with Crippen molar-refractivity contribution in [1.29, 1.82) is 21.0 Å². The molecule has 4 aliphatic heterocycles. The predicted molar refractivity (Wildman–Crippen MR) is 469 cm³/mol. The number of nitriles is 4. The summed E-state index contributed by atoms with van der Waals surface area (Å²) in [6.07, 6.45) is 16.6. The summed E-state index contributed by atoms with van der Waals surface area (Å²) in [5, 5.41) is 53.6. The van der Waals surface area contributed by atoms with E-state index in [1.54, 1.807) is 63.6 Å². The zero-order valence-electron chi connectivity index (χ0n) is 61.9. The van der Waals surface area contributed by atoms with Gasteiger partial charge in [-0.05, 0) is 232 Å². The minimum absolute atomic E-state index is 0. The molecule has 0 aliphatic carbocycles. The zero-order chi connectivity index (χ0) is 78.3. The van der Waals surface area contributed by atoms with E-state index in [1.165, 1.54) is 30.5 Å². The van der Waals surface area contributed by atoms with E-state index >= 15 is 0 Å². The number of alkyl halides is 1. The molecular weight excluding hydrogens is 1620 g/mol. The van der Waals surface area contributed by atoms with Crippen molar-refractivity contribution >= 4 is 98.8 Å². The maximum absolute atomic E-state index is 13.2. The van der Waals surface area contributed by atoms with Crippen LogP contribution in [0.3, 0.4) is 0 Å². The van der Waals surface area contributed by atoms with E-state index in [0.717, 1.165) is 77.3 Å². The van der Waals surface area contributed by atoms with Crippen molar-refractivity contribution in [3.63, 3.8) is 0 Å². The van der Waals surface area contributed by atoms with Crippen LogP contribution in [0.2, 0.25) is 20.1 Å². The smallest absolute Gasteiger partial charge is 0.410 e. The molecule has 0 saturated carbocycles. The molecule has 0 radical (unpaired) electrons. The molecule has 8 aromatic rings. The summed E-state index contributed by atoms with van der Waals surface area (Å²) < 4.78 is 10.6. The summed E-state index contributed by atoms with van der Waals surface area (Å²) in [5.74, 6) is -1.01. The van der Waals surface area contributed by atoms with Crippen LogP contribution in [0.4, 0.5) is 9.59 Å². The molecule has 8 heterocycles. The minimum Gasteiger partial charge on any atom is -0.478 e. The maximum Gasteiger partial charge on any atom is 0.410 e. The average Bonchev–Trinajstić information content (AvgIpc) is 0.734. The number of aromatic nitrogens is 6. The summed E-state index contributed by atoms with van der Waals surface area (Å²) >= 11 is 27.1. The number of nitrogens with one attached hydrogen (secondary N) is 1. The first-order valence-corrected chi connectivity index (χ1v) is 38.0. The van der Waals surface area contributed by atoms with E-state index in [9.17, 15) is 35.0 Å². The van der Waals surface area contributed by atoms with Gasteiger partial charge < -0.3 is 34.6 Å². The Kier molecular flexibility index (Phi) is 47.4. The Balaban J connectivity index is 0.00000139. The van der Waals surface area contributed by atoms with Gasteiger partial charge in [-0.3, -0.25) is 14.8 Å². The van der Waals surface area contributed by atoms with Crippen LogP contribution in [0.1, 0.15) is 180 Å². The highest BCUT2D eigenvalue weighted by molar-refractivity contribution is 9.08. The standard InChI is InChI=1S/C23H20ClN5O.C18H23ClN2O2.C13H15ClN2.C11H18N2O2.C10H7N3O2.C7H6BrCl.6CH4.ClH/c24-18-4-1-3-17(13-18)14-23(15-25)7-11-29(12-8-23)22(30)19-5-2-9-27-21(19)20-6-10-26-16-28-20;1-17(2,3)23-16(22)21-9-7-18(13-20,8-10-21)12-14-5-4-6-15(19)11-14;14-12-3-1-2-11(8-12)9-13(10-15)4-6-16-7-5-13;1-11(2,3)15-10(14)13-6-4-9(8-12)5-7-13;14-10(15)7-2-1-4-12-9(7)8-3-5-11-6-13-8;8-5-6-2-1-3-7(9)4-6;;;;;;;/h1-6,9-10,13,16H,7-8,11-12,14H2;4-6,11H,7-10,12H2,1-3H3;1-3,8,16H,4-7,9H2;9H,4-7H2,1-3H3;1-6H,(H,14,15);1-4H,5H2;6*1H4;1H. The van der Waals surface area contributed by atoms with Crippen LogP contribution in [0.25, 0.3) is 22.8 Å². The topological polar surface area (TPSA) is 301 Å². The minimum atomic E-state index is -1.02. The molecule has 27 heteroatoms. The van der Waals surface area contributed by atoms with Crippen LogP contribution in [0.5, 0.6) is 0 Å². The first kappa shape index (κ1) is 106. The second-order valence-corrected chi connectivity index (χ2v) is 30.8. The molecule has 4 aromatic heterocycles. The molecular formula is C88H114BrCl5N14O7. The Labute approximate surface area is 717 Å². The van der Waals surface area contributed by atoms with Gasteiger partial charge >= 0.3 is 18.2 Å². The van der Waals surface area contributed by atoms with Gasteiger partial charge in [0.05, 0.1) is 63.0 Å². The van der Waals surface area contributed by atoms with E-state index in [2.05, 4.69) is 75.4 Å². The van der Waals surface area contributed by atoms with Crippen LogP contribution in [0.15, 0.2) is 171 Å². The lowest BCUT2D eigenvalue weighted by Crippen LogP contribution is -2.45. The Morgan fingerprint density at radius 3 is 1.17 bits per heavy atom. The number of aromatic carboxylic acids is 1. The lowest BCUT2D eigenvalue weighted by atomic mass is 9.75. The third kappa shape index (κ3) is 34.6. The Hall–Kier alpha value is -9.33. The fourth-order valence-corrected chi connectivity index (χ4v) is 13.5. The van der Waals surface area contributed by atoms with Gasteiger partial charge in [-0.1, -0.05) is 155 Å². The molecule has 4 aliphatic rings. The zero-order valence-corrected chi connectivity index (χ0v) is 67.3. The van der Waals surface area contributed by atoms with Crippen molar-refractivity contribution in [2.45, 2.75) is 173 Å². The number of carboxylic acids is 1. The van der Waals surface area contributed by atoms with Crippen molar-refractivity contribution in [3.8, 4) is 47.1 Å². The van der Waals surface area contributed by atoms with Gasteiger partial charge in [-0.15, -0.1) is 12.4 Å². The van der Waals surface area contributed by atoms with Crippen LogP contribution >= 0.6 is 74.7 Å². The van der Waals surface area contributed by atoms with E-state index < -0.39 is 28.0 Å². The number of rotatable bonds is 11. The fourth-order valence-electron chi connectivity index (χ4n) is 12.3. The predicted octanol–water partition coefficient (Wildman–Crippen LogP) is 22.2. The molecule has 12 rings (SSSR count). The van der Waals surface area contributed by atoms with E-state index in [4.69, 9.17) is 66.2 Å². The third-order valence-electron chi connectivity index (χ3n) is 18.0. The normalized spacial score (nSPS) is 14.6. The lowest BCUT2D eigenvalue weighted by molar-refractivity contribution is 0.0146. The highest BCUT2D eigenvalue weighted by Gasteiger charge is 2.40. The van der Waals surface area contributed by atoms with Crippen LogP contribution in [-0.4, -0.2) is 137 Å². The molecule has 115 heavy (non-hydrogen) atoms. The monoisotopic (exact) mass is 1730 g/mol. The van der Waals surface area contributed by atoms with Gasteiger partial charge in [-0.25, -0.2) is 34.3 Å². The van der Waals surface area contributed by atoms with Crippen molar-refractivity contribution in [1.82, 2.24) is 49.9 Å². The van der Waals surface area contributed by atoms with Crippen LogP contribution < -0.4 is 5.32 Å². The molecule has 4 aromatic carbocycles. The SMILES string of the molecule is C.C.C.C.C.C.CC(C)(C)OC(=O)N1CCC(C#N)(Cc2cccc(Cl)c2)CC1.CC(C)(C)OC(=O)N1CCC(C#N)CC1.Cl.Clc1cccc(CBr)c1.N#CC1(Cc2cccc(Cl)c2)CCN(C(=O)c2cccnc2-c2ccncn2)CC1.N#CC1(Cc2cccc(Cl)c2)CCNCC1.O=C(O)c1cccnc1-c1ccncn1. The maximum atomic E-state index is 13.2. The summed E-state index contributed by atoms with van der Waals surface area (Å²) in [7, 11) is 0. The number of amides is 3. The number of ether oxygens (including phenoxy) is 2. The molecule has 4 saturated heterocycles. The highest BCUT2D eigenvalue weighted by atomic mass is 79.9. The van der Waals surface area contributed by atoms with Crippen LogP contribution in [-0.2, 0) is 34.1 Å². The summed E-state index contributed by atoms with van der Waals surface area (Å²) in [4.78, 5) is 77.3. The Morgan fingerprint density at radius 1 is 0.487 bits per heavy atom. The first-order valence-electron chi connectivity index (χ1n) is 35.4. The fraction of sp³-hybridized carbons (Fsp3) is 0.432. The molecule has 0 bridgehead atoms. The summed E-state index contributed by atoms with van der Waals surface area (Å²) in [6.45, 7) is 16.4. The lowest BCUT2D eigenvalue weighted by Gasteiger charge is -2.38. The average molecular weight is 1740 g/mol. The molecule has 0 spiro atoms. The molecule has 3 amide bonds. The van der Waals surface area contributed by atoms with Gasteiger partial charge in [-0.2, -0.15) is 21.0 Å². The number of nitrogens with zero attached hydrogens (tertiary/aromatic N) is 13. The number of pyridine rings is 2. The van der Waals surface area contributed by atoms with Gasteiger partial charge in [0.25, 0.3) is 5.91 Å². The van der Waals surface area contributed by atoms with Gasteiger partial charge in [0.15, 0.2) is 0 Å². The van der Waals surface area contributed by atoms with E-state index in [-0.39, 0.29) is 92.0 Å². The second-order valence-electron chi connectivity index (χ2n) is 28.5. The largest absolute Gasteiger partial charge is 0.478 e. The third-order valence-corrected chi connectivity index (χ3v) is 19.6. The number of carbonyl (C=O) groups excluding carboxylic acids is 3.